The van der Waals surface area contributed by atoms with Gasteiger partial charge in [0.1, 0.15) is 0 Å². The van der Waals surface area contributed by atoms with Gasteiger partial charge in [0.05, 0.1) is 0 Å². The van der Waals surface area contributed by atoms with Gasteiger partial charge in [0.15, 0.2) is 0 Å². The fraction of sp³-hybridized carbons (Fsp3) is 1.00. The number of hydrogen-bond donors (Lipinski definition) is 1. The van der Waals surface area contributed by atoms with E-state index in [0.29, 0.717) is 0 Å². The van der Waals surface area contributed by atoms with Crippen LogP contribution in [-0.2, 0) is 0 Å². The van der Waals surface area contributed by atoms with Crippen LogP contribution in [0.2, 0.25) is 0 Å². The molecule has 52 valence electrons. The summed E-state index contributed by atoms with van der Waals surface area (Å²) in [5, 5.41) is 3.44. The van der Waals surface area contributed by atoms with Crippen LogP contribution >= 0.6 is 0 Å². The number of hydrogen-bond acceptors (Lipinski definition) is 1. The van der Waals surface area contributed by atoms with Crippen molar-refractivity contribution in [2.75, 3.05) is 13.1 Å². The lowest BCUT2D eigenvalue weighted by molar-refractivity contribution is 0.402. The maximum absolute atomic E-state index is 3.44. The first-order valence-electron chi connectivity index (χ1n) is 4.08. The molecule has 1 heterocycles. The molecule has 1 aliphatic heterocycles. The van der Waals surface area contributed by atoms with Gasteiger partial charge in [-0.2, -0.15) is 0 Å². The minimum atomic E-state index is 0.956. The second kappa shape index (κ2) is 1.98. The normalized spacial score (nSPS) is 43.7. The molecule has 1 aliphatic carbocycles. The molecule has 0 amide bonds. The maximum atomic E-state index is 3.44. The van der Waals surface area contributed by atoms with E-state index < -0.39 is 0 Å². The number of rotatable bonds is 1. The molecule has 0 unspecified atom stereocenters. The summed E-state index contributed by atoms with van der Waals surface area (Å²) in [6, 6.07) is 0. The Morgan fingerprint density at radius 2 is 2.00 bits per heavy atom. The predicted molar refractivity (Wildman–Crippen MR) is 38.2 cm³/mol. The van der Waals surface area contributed by atoms with Crippen LogP contribution < -0.4 is 5.32 Å². The topological polar surface area (TPSA) is 12.0 Å². The summed E-state index contributed by atoms with van der Waals surface area (Å²) in [4.78, 5) is 0. The van der Waals surface area contributed by atoms with E-state index in [-0.39, 0.29) is 0 Å². The molecule has 1 saturated heterocycles. The van der Waals surface area contributed by atoms with Crippen LogP contribution in [-0.4, -0.2) is 13.1 Å². The molecule has 0 aromatic rings. The summed E-state index contributed by atoms with van der Waals surface area (Å²) in [5.74, 6) is 3.09. The second-order valence-corrected chi connectivity index (χ2v) is 3.64. The van der Waals surface area contributed by atoms with Gasteiger partial charge in [0.2, 0.25) is 0 Å². The minimum Gasteiger partial charge on any atom is -0.316 e. The van der Waals surface area contributed by atoms with Crippen LogP contribution in [0.25, 0.3) is 0 Å². The molecule has 2 fully saturated rings. The quantitative estimate of drug-likeness (QED) is 0.556. The van der Waals surface area contributed by atoms with Crippen molar-refractivity contribution in [3.8, 4) is 0 Å². The minimum absolute atomic E-state index is 0.956. The molecule has 1 saturated carbocycles. The Morgan fingerprint density at radius 3 is 2.44 bits per heavy atom. The van der Waals surface area contributed by atoms with Crippen molar-refractivity contribution in [2.45, 2.75) is 19.8 Å². The Labute approximate surface area is 56.8 Å². The zero-order valence-electron chi connectivity index (χ0n) is 6.06. The van der Waals surface area contributed by atoms with Crippen molar-refractivity contribution < 1.29 is 0 Å². The lowest BCUT2D eigenvalue weighted by Crippen LogP contribution is -2.11. The fourth-order valence-electron chi connectivity index (χ4n) is 1.99. The molecule has 0 bridgehead atoms. The van der Waals surface area contributed by atoms with E-state index in [0.717, 1.165) is 17.8 Å². The Hall–Kier alpha value is -0.0400. The molecule has 1 nitrogen and oxygen atoms in total. The van der Waals surface area contributed by atoms with Crippen LogP contribution in [0.4, 0.5) is 0 Å². The molecule has 0 aromatic carbocycles. The van der Waals surface area contributed by atoms with E-state index in [4.69, 9.17) is 0 Å². The molecule has 1 heteroatoms. The van der Waals surface area contributed by atoms with Gasteiger partial charge in [-0.3, -0.25) is 0 Å². The first-order chi connectivity index (χ1) is 4.38. The van der Waals surface area contributed by atoms with Gasteiger partial charge in [-0.1, -0.05) is 6.92 Å². The van der Waals surface area contributed by atoms with Crippen LogP contribution in [0.15, 0.2) is 0 Å². The van der Waals surface area contributed by atoms with Gasteiger partial charge >= 0.3 is 0 Å². The van der Waals surface area contributed by atoms with Gasteiger partial charge in [-0.05, 0) is 43.7 Å². The highest BCUT2D eigenvalue weighted by atomic mass is 14.9. The van der Waals surface area contributed by atoms with E-state index in [2.05, 4.69) is 12.2 Å². The predicted octanol–water partition coefficient (Wildman–Crippen LogP) is 1.25. The lowest BCUT2D eigenvalue weighted by Gasteiger charge is -2.10. The molecular weight excluding hydrogens is 110 g/mol. The molecule has 0 radical (unpaired) electrons. The van der Waals surface area contributed by atoms with Crippen molar-refractivity contribution in [1.29, 1.82) is 0 Å². The highest BCUT2D eigenvalue weighted by molar-refractivity contribution is 4.89. The average Bonchev–Trinajstić information content (AvgIpc) is 2.58. The first kappa shape index (κ1) is 5.72. The summed E-state index contributed by atoms with van der Waals surface area (Å²) < 4.78 is 0. The molecule has 2 aliphatic rings. The van der Waals surface area contributed by atoms with Gasteiger partial charge in [-0.15, -0.1) is 0 Å². The smallest absolute Gasteiger partial charge is 0.00147 e. The van der Waals surface area contributed by atoms with Crippen molar-refractivity contribution in [1.82, 2.24) is 5.32 Å². The van der Waals surface area contributed by atoms with Crippen LogP contribution in [0.5, 0.6) is 0 Å². The Bertz CT molecular complexity index is 107. The molecule has 2 rings (SSSR count). The third-order valence-corrected chi connectivity index (χ3v) is 2.80. The molecule has 1 N–H and O–H groups in total. The summed E-state index contributed by atoms with van der Waals surface area (Å²) in [6.07, 6.45) is 3.02. The standard InChI is InChI=1S/C8H15N/c1-6-4-9-5-8(6)7-2-3-7/h6-9H,2-5H2,1H3/t6-,8+/m1/s1. The largest absolute Gasteiger partial charge is 0.316 e. The van der Waals surface area contributed by atoms with Gasteiger partial charge in [-0.25, -0.2) is 0 Å². The van der Waals surface area contributed by atoms with E-state index in [1.54, 1.807) is 0 Å². The van der Waals surface area contributed by atoms with E-state index in [1.165, 1.54) is 25.9 Å². The Kier molecular flexibility index (Phi) is 1.26. The third-order valence-electron chi connectivity index (χ3n) is 2.80. The van der Waals surface area contributed by atoms with Crippen molar-refractivity contribution in [3.05, 3.63) is 0 Å². The first-order valence-corrected chi connectivity index (χ1v) is 4.08. The molecule has 0 aromatic heterocycles. The summed E-state index contributed by atoms with van der Waals surface area (Å²) in [5.41, 5.74) is 0. The molecule has 9 heavy (non-hydrogen) atoms. The van der Waals surface area contributed by atoms with Crippen molar-refractivity contribution in [2.24, 2.45) is 17.8 Å². The van der Waals surface area contributed by atoms with Gasteiger partial charge in [0, 0.05) is 0 Å². The highest BCUT2D eigenvalue weighted by Crippen LogP contribution is 2.41. The van der Waals surface area contributed by atoms with Crippen LogP contribution in [0.3, 0.4) is 0 Å². The third kappa shape index (κ3) is 0.983. The van der Waals surface area contributed by atoms with E-state index >= 15 is 0 Å². The van der Waals surface area contributed by atoms with Crippen LogP contribution in [0.1, 0.15) is 19.8 Å². The Morgan fingerprint density at radius 1 is 1.22 bits per heavy atom. The lowest BCUT2D eigenvalue weighted by atomic mass is 9.93. The fourth-order valence-corrected chi connectivity index (χ4v) is 1.99. The molecule has 0 spiro atoms. The van der Waals surface area contributed by atoms with Crippen molar-refractivity contribution in [3.63, 3.8) is 0 Å². The number of nitrogens with one attached hydrogen (secondary N) is 1. The van der Waals surface area contributed by atoms with Gasteiger partial charge < -0.3 is 5.32 Å². The van der Waals surface area contributed by atoms with Gasteiger partial charge in [0.25, 0.3) is 0 Å². The van der Waals surface area contributed by atoms with Crippen molar-refractivity contribution >= 4 is 0 Å². The highest BCUT2D eigenvalue weighted by Gasteiger charge is 2.36. The zero-order valence-corrected chi connectivity index (χ0v) is 6.06. The maximum Gasteiger partial charge on any atom is -0.00147 e. The summed E-state index contributed by atoms with van der Waals surface area (Å²) >= 11 is 0. The second-order valence-electron chi connectivity index (χ2n) is 3.64. The SMILES string of the molecule is C[C@@H]1CNC[C@@H]1C1CC1. The zero-order chi connectivity index (χ0) is 6.27. The molecular formula is C8H15N. The van der Waals surface area contributed by atoms with Crippen LogP contribution in [0, 0.1) is 17.8 Å². The monoisotopic (exact) mass is 125 g/mol. The Balaban J connectivity index is 1.93. The summed E-state index contributed by atoms with van der Waals surface area (Å²) in [6.45, 7) is 4.94. The molecule has 2 atom stereocenters. The average molecular weight is 125 g/mol. The summed E-state index contributed by atoms with van der Waals surface area (Å²) in [7, 11) is 0. The van der Waals surface area contributed by atoms with E-state index in [1.807, 2.05) is 0 Å². The van der Waals surface area contributed by atoms with E-state index in [9.17, 15) is 0 Å².